The number of carbonyl (C=O) groups excluding carboxylic acids is 1. The van der Waals surface area contributed by atoms with E-state index in [0.717, 1.165) is 24.5 Å². The quantitative estimate of drug-likeness (QED) is 0.252. The van der Waals surface area contributed by atoms with Crippen molar-refractivity contribution in [3.05, 3.63) is 79.2 Å². The Morgan fingerprint density at radius 2 is 1.92 bits per heavy atom. The number of rotatable bonds is 10. The summed E-state index contributed by atoms with van der Waals surface area (Å²) in [4.78, 5) is 28.4. The van der Waals surface area contributed by atoms with E-state index >= 15 is 4.39 Å². The highest BCUT2D eigenvalue weighted by molar-refractivity contribution is 14.1. The molecule has 0 atom stereocenters. The van der Waals surface area contributed by atoms with Crippen molar-refractivity contribution in [2.45, 2.75) is 19.9 Å². The normalized spacial score (nSPS) is 11.4. The highest BCUT2D eigenvalue weighted by Gasteiger charge is 2.22. The van der Waals surface area contributed by atoms with Crippen LogP contribution >= 0.6 is 22.6 Å². The first kappa shape index (κ1) is 27.4. The molecule has 2 aromatic heterocycles. The number of carbonyl (C=O) groups is 1. The van der Waals surface area contributed by atoms with Crippen molar-refractivity contribution in [1.82, 2.24) is 14.3 Å². The summed E-state index contributed by atoms with van der Waals surface area (Å²) in [6.07, 6.45) is 2.48. The molecule has 0 fully saturated rings. The molecule has 1 amide bonds. The molecule has 192 valence electrons. The lowest BCUT2D eigenvalue weighted by Gasteiger charge is -2.16. The van der Waals surface area contributed by atoms with Gasteiger partial charge in [-0.3, -0.25) is 14.3 Å². The SMILES string of the molecule is CCCNS(=O)(=O)Nc1nccc(Cn2cc(C(N)=O)c(Nc3ccc(I)cc3F)c(F)c2=O)c1F. The van der Waals surface area contributed by atoms with Crippen molar-refractivity contribution in [1.29, 1.82) is 0 Å². The molecule has 15 heteroatoms. The van der Waals surface area contributed by atoms with Crippen LogP contribution in [0.2, 0.25) is 0 Å². The van der Waals surface area contributed by atoms with Crippen molar-refractivity contribution in [2.24, 2.45) is 5.73 Å². The molecule has 5 N–H and O–H groups in total. The van der Waals surface area contributed by atoms with E-state index in [1.54, 1.807) is 6.92 Å². The van der Waals surface area contributed by atoms with Gasteiger partial charge in [0.1, 0.15) is 5.82 Å². The average molecular weight is 636 g/mol. The van der Waals surface area contributed by atoms with E-state index in [1.165, 1.54) is 12.1 Å². The van der Waals surface area contributed by atoms with Crippen molar-refractivity contribution < 1.29 is 26.4 Å². The maximum Gasteiger partial charge on any atom is 0.300 e. The van der Waals surface area contributed by atoms with Crippen LogP contribution in [-0.2, 0) is 16.8 Å². The van der Waals surface area contributed by atoms with Crippen LogP contribution in [0, 0.1) is 21.0 Å². The van der Waals surface area contributed by atoms with Gasteiger partial charge in [-0.15, -0.1) is 0 Å². The fourth-order valence-corrected chi connectivity index (χ4v) is 4.44. The zero-order valence-electron chi connectivity index (χ0n) is 18.6. The molecular formula is C21H20F3IN6O4S. The standard InChI is InChI=1S/C21H20F3IN6O4S/c1-2-6-28-36(34,35)30-20-16(23)11(5-7-27-20)9-31-10-13(19(26)32)18(17(24)21(31)33)29-15-4-3-12(25)8-14(15)22/h3-5,7-8,10,28-29H,2,6,9H2,1H3,(H2,26,32)(H,27,30). The van der Waals surface area contributed by atoms with E-state index in [1.807, 2.05) is 27.3 Å². The largest absolute Gasteiger partial charge is 0.365 e. The number of nitrogens with one attached hydrogen (secondary N) is 3. The van der Waals surface area contributed by atoms with Crippen LogP contribution in [0.3, 0.4) is 0 Å². The number of hydrogen-bond acceptors (Lipinski definition) is 6. The smallest absolute Gasteiger partial charge is 0.300 e. The van der Waals surface area contributed by atoms with Gasteiger partial charge >= 0.3 is 0 Å². The van der Waals surface area contributed by atoms with E-state index in [4.69, 9.17) is 5.73 Å². The molecule has 0 unspecified atom stereocenters. The zero-order chi connectivity index (χ0) is 26.6. The van der Waals surface area contributed by atoms with Gasteiger partial charge < -0.3 is 15.6 Å². The number of aromatic nitrogens is 2. The fourth-order valence-electron chi connectivity index (χ4n) is 3.04. The molecule has 36 heavy (non-hydrogen) atoms. The Labute approximate surface area is 217 Å². The minimum absolute atomic E-state index is 0.105. The van der Waals surface area contributed by atoms with Crippen LogP contribution in [0.4, 0.5) is 30.4 Å². The number of primary amides is 1. The second-order valence-electron chi connectivity index (χ2n) is 7.41. The van der Waals surface area contributed by atoms with Gasteiger partial charge in [0.15, 0.2) is 11.6 Å². The number of pyridine rings is 2. The van der Waals surface area contributed by atoms with Crippen LogP contribution in [-0.4, -0.2) is 30.4 Å². The average Bonchev–Trinajstić information content (AvgIpc) is 2.81. The zero-order valence-corrected chi connectivity index (χ0v) is 21.6. The Hall–Kier alpha value is -3.18. The molecule has 0 bridgehead atoms. The molecule has 0 aliphatic rings. The number of hydrogen-bond donors (Lipinski definition) is 4. The lowest BCUT2D eigenvalue weighted by Crippen LogP contribution is -2.31. The van der Waals surface area contributed by atoms with E-state index in [2.05, 4.69) is 15.0 Å². The summed E-state index contributed by atoms with van der Waals surface area (Å²) in [6, 6.07) is 5.11. The topological polar surface area (TPSA) is 148 Å². The van der Waals surface area contributed by atoms with Crippen LogP contribution in [0.25, 0.3) is 0 Å². The molecule has 0 saturated carbocycles. The summed E-state index contributed by atoms with van der Waals surface area (Å²) in [5.41, 5.74) is 2.50. The van der Waals surface area contributed by atoms with Crippen LogP contribution in [0.15, 0.2) is 41.5 Å². The molecule has 2 heterocycles. The van der Waals surface area contributed by atoms with Gasteiger partial charge in [0.25, 0.3) is 21.7 Å². The molecular weight excluding hydrogens is 616 g/mol. The minimum atomic E-state index is -4.11. The van der Waals surface area contributed by atoms with Gasteiger partial charge in [0, 0.05) is 28.1 Å². The highest BCUT2D eigenvalue weighted by Crippen LogP contribution is 2.26. The Balaban J connectivity index is 1.99. The molecule has 0 aliphatic heterocycles. The molecule has 0 aliphatic carbocycles. The molecule has 0 saturated heterocycles. The third-order valence-corrected chi connectivity index (χ3v) is 6.48. The summed E-state index contributed by atoms with van der Waals surface area (Å²) < 4.78 is 73.7. The first-order valence-electron chi connectivity index (χ1n) is 10.3. The number of amides is 1. The Bertz CT molecular complexity index is 1480. The molecule has 1 aromatic carbocycles. The van der Waals surface area contributed by atoms with Gasteiger partial charge in [-0.1, -0.05) is 6.92 Å². The predicted octanol–water partition coefficient (Wildman–Crippen LogP) is 2.81. The summed E-state index contributed by atoms with van der Waals surface area (Å²) in [7, 11) is -4.11. The summed E-state index contributed by atoms with van der Waals surface area (Å²) in [5.74, 6) is -5.11. The van der Waals surface area contributed by atoms with Crippen LogP contribution < -0.4 is 26.1 Å². The molecule has 3 rings (SSSR count). The van der Waals surface area contributed by atoms with Gasteiger partial charge in [-0.05, 0) is 53.3 Å². The van der Waals surface area contributed by atoms with E-state index in [9.17, 15) is 26.8 Å². The van der Waals surface area contributed by atoms with E-state index < -0.39 is 62.7 Å². The van der Waals surface area contributed by atoms with Crippen molar-refractivity contribution in [3.63, 3.8) is 0 Å². The van der Waals surface area contributed by atoms with Gasteiger partial charge in [0.05, 0.1) is 23.5 Å². The van der Waals surface area contributed by atoms with Gasteiger partial charge in [-0.25, -0.2) is 13.8 Å². The lowest BCUT2D eigenvalue weighted by molar-refractivity contribution is 0.1000. The molecule has 0 radical (unpaired) electrons. The third kappa shape index (κ3) is 6.33. The summed E-state index contributed by atoms with van der Waals surface area (Å²) >= 11 is 1.87. The van der Waals surface area contributed by atoms with Crippen molar-refractivity contribution in [3.8, 4) is 0 Å². The first-order chi connectivity index (χ1) is 16.9. The Kier molecular flexibility index (Phi) is 8.57. The van der Waals surface area contributed by atoms with Crippen molar-refractivity contribution in [2.75, 3.05) is 16.6 Å². The number of anilines is 3. The van der Waals surface area contributed by atoms with E-state index in [0.29, 0.717) is 14.6 Å². The maximum atomic E-state index is 15.1. The van der Waals surface area contributed by atoms with Crippen LogP contribution in [0.1, 0.15) is 29.3 Å². The number of nitrogens with zero attached hydrogens (tertiary/aromatic N) is 2. The summed E-state index contributed by atoms with van der Waals surface area (Å²) in [6.45, 7) is 1.24. The fraction of sp³-hybridized carbons (Fsp3) is 0.190. The Morgan fingerprint density at radius 3 is 2.56 bits per heavy atom. The second kappa shape index (κ2) is 11.3. The maximum absolute atomic E-state index is 15.1. The third-order valence-electron chi connectivity index (χ3n) is 4.76. The molecule has 3 aromatic rings. The number of benzene rings is 1. The molecule has 0 spiro atoms. The number of halogens is 4. The molecule has 10 nitrogen and oxygen atoms in total. The number of nitrogens with two attached hydrogens (primary N) is 1. The first-order valence-corrected chi connectivity index (χ1v) is 12.8. The highest BCUT2D eigenvalue weighted by atomic mass is 127. The summed E-state index contributed by atoms with van der Waals surface area (Å²) in [5, 5.41) is 2.38. The van der Waals surface area contributed by atoms with Gasteiger partial charge in [0.2, 0.25) is 5.82 Å². The predicted molar refractivity (Wildman–Crippen MR) is 136 cm³/mol. The Morgan fingerprint density at radius 1 is 1.19 bits per heavy atom. The lowest BCUT2D eigenvalue weighted by atomic mass is 10.1. The minimum Gasteiger partial charge on any atom is -0.365 e. The van der Waals surface area contributed by atoms with Gasteiger partial charge in [-0.2, -0.15) is 17.5 Å². The van der Waals surface area contributed by atoms with Crippen LogP contribution in [0.5, 0.6) is 0 Å². The van der Waals surface area contributed by atoms with E-state index in [-0.39, 0.29) is 17.8 Å². The van der Waals surface area contributed by atoms with Crippen molar-refractivity contribution >= 4 is 55.9 Å². The second-order valence-corrected chi connectivity index (χ2v) is 10.2. The monoisotopic (exact) mass is 636 g/mol.